The van der Waals surface area contributed by atoms with Crippen LogP contribution in [0.2, 0.25) is 0 Å². The molecule has 0 aromatic carbocycles. The van der Waals surface area contributed by atoms with Gasteiger partial charge in [-0.3, -0.25) is 0 Å². The summed E-state index contributed by atoms with van der Waals surface area (Å²) < 4.78 is 2.88. The number of aryl methyl sites for hydroxylation is 1. The van der Waals surface area contributed by atoms with Gasteiger partial charge in [0.2, 0.25) is 0 Å². The maximum absolute atomic E-state index is 4.12. The smallest absolute Gasteiger partial charge is 0.130 e. The standard InChI is InChI=1S/C11H14BrN5/c12-10-7-11(16-8-15-10)14-3-1-2-5-17-6-4-13-9-17/h4,6-9H,1-3,5H2,(H,14,15,16). The lowest BCUT2D eigenvalue weighted by atomic mass is 10.3. The summed E-state index contributed by atoms with van der Waals surface area (Å²) >= 11 is 3.31. The first-order valence-corrected chi connectivity index (χ1v) is 6.31. The van der Waals surface area contributed by atoms with E-state index in [1.165, 1.54) is 6.33 Å². The van der Waals surface area contributed by atoms with Crippen molar-refractivity contribution in [3.05, 3.63) is 35.7 Å². The zero-order chi connectivity index (χ0) is 11.9. The number of aromatic nitrogens is 4. The van der Waals surface area contributed by atoms with Crippen LogP contribution in [0.15, 0.2) is 35.7 Å². The van der Waals surface area contributed by atoms with Gasteiger partial charge in [-0.05, 0) is 28.8 Å². The van der Waals surface area contributed by atoms with Gasteiger partial charge in [-0.1, -0.05) is 0 Å². The molecule has 1 N–H and O–H groups in total. The van der Waals surface area contributed by atoms with Gasteiger partial charge >= 0.3 is 0 Å². The maximum atomic E-state index is 4.12. The first-order chi connectivity index (χ1) is 8.34. The first kappa shape index (κ1) is 12.0. The molecule has 0 saturated heterocycles. The molecular formula is C11H14BrN5. The molecule has 0 amide bonds. The minimum Gasteiger partial charge on any atom is -0.370 e. The van der Waals surface area contributed by atoms with Gasteiger partial charge in [-0.15, -0.1) is 0 Å². The van der Waals surface area contributed by atoms with Crippen molar-refractivity contribution >= 4 is 21.7 Å². The molecule has 5 nitrogen and oxygen atoms in total. The van der Waals surface area contributed by atoms with Crippen LogP contribution in [0.5, 0.6) is 0 Å². The van der Waals surface area contributed by atoms with Crippen molar-refractivity contribution in [2.24, 2.45) is 0 Å². The molecular weight excluding hydrogens is 282 g/mol. The second-order valence-corrected chi connectivity index (χ2v) is 4.47. The Labute approximate surface area is 108 Å². The highest BCUT2D eigenvalue weighted by atomic mass is 79.9. The van der Waals surface area contributed by atoms with Gasteiger partial charge in [-0.2, -0.15) is 0 Å². The summed E-state index contributed by atoms with van der Waals surface area (Å²) in [6.45, 7) is 1.92. The summed E-state index contributed by atoms with van der Waals surface area (Å²) in [4.78, 5) is 12.1. The van der Waals surface area contributed by atoms with Crippen molar-refractivity contribution < 1.29 is 0 Å². The molecule has 90 valence electrons. The molecule has 0 fully saturated rings. The molecule has 6 heteroatoms. The Hall–Kier alpha value is -1.43. The number of rotatable bonds is 6. The summed E-state index contributed by atoms with van der Waals surface area (Å²) in [5.41, 5.74) is 0. The largest absolute Gasteiger partial charge is 0.370 e. The SMILES string of the molecule is Brc1cc(NCCCCn2ccnc2)ncn1. The quantitative estimate of drug-likeness (QED) is 0.656. The van der Waals surface area contributed by atoms with E-state index in [1.807, 2.05) is 18.6 Å². The Kier molecular flexibility index (Phi) is 4.49. The Morgan fingerprint density at radius 3 is 3.00 bits per heavy atom. The van der Waals surface area contributed by atoms with Crippen LogP contribution in [0.3, 0.4) is 0 Å². The zero-order valence-electron chi connectivity index (χ0n) is 9.38. The van der Waals surface area contributed by atoms with Crippen molar-refractivity contribution in [1.29, 1.82) is 0 Å². The van der Waals surface area contributed by atoms with E-state index in [9.17, 15) is 0 Å². The van der Waals surface area contributed by atoms with Gasteiger partial charge in [0, 0.05) is 31.5 Å². The highest BCUT2D eigenvalue weighted by molar-refractivity contribution is 9.10. The molecule has 2 rings (SSSR count). The second-order valence-electron chi connectivity index (χ2n) is 3.66. The fourth-order valence-corrected chi connectivity index (χ4v) is 1.79. The third-order valence-corrected chi connectivity index (χ3v) is 2.78. The van der Waals surface area contributed by atoms with Crippen molar-refractivity contribution in [3.63, 3.8) is 0 Å². The van der Waals surface area contributed by atoms with Gasteiger partial charge in [0.05, 0.1) is 6.33 Å². The monoisotopic (exact) mass is 295 g/mol. The van der Waals surface area contributed by atoms with Gasteiger partial charge in [0.25, 0.3) is 0 Å². The predicted molar refractivity (Wildman–Crippen MR) is 69.7 cm³/mol. The molecule has 0 unspecified atom stereocenters. The van der Waals surface area contributed by atoms with Crippen LogP contribution in [0, 0.1) is 0 Å². The third kappa shape index (κ3) is 4.14. The topological polar surface area (TPSA) is 55.6 Å². The zero-order valence-corrected chi connectivity index (χ0v) is 11.0. The van der Waals surface area contributed by atoms with Crippen LogP contribution in [0.25, 0.3) is 0 Å². The van der Waals surface area contributed by atoms with Crippen LogP contribution in [0.1, 0.15) is 12.8 Å². The van der Waals surface area contributed by atoms with E-state index >= 15 is 0 Å². The van der Waals surface area contributed by atoms with Crippen LogP contribution in [-0.4, -0.2) is 26.1 Å². The lowest BCUT2D eigenvalue weighted by Gasteiger charge is -2.05. The van der Waals surface area contributed by atoms with Crippen LogP contribution >= 0.6 is 15.9 Å². The van der Waals surface area contributed by atoms with Crippen molar-refractivity contribution in [1.82, 2.24) is 19.5 Å². The molecule has 2 heterocycles. The number of unbranched alkanes of at least 4 members (excludes halogenated alkanes) is 1. The Balaban J connectivity index is 1.63. The highest BCUT2D eigenvalue weighted by Crippen LogP contribution is 2.09. The number of halogens is 1. The minimum atomic E-state index is 0.799. The first-order valence-electron chi connectivity index (χ1n) is 5.52. The summed E-state index contributed by atoms with van der Waals surface area (Å²) in [5, 5.41) is 3.26. The van der Waals surface area contributed by atoms with Crippen molar-refractivity contribution in [2.45, 2.75) is 19.4 Å². The van der Waals surface area contributed by atoms with Crippen LogP contribution in [0.4, 0.5) is 5.82 Å². The van der Waals surface area contributed by atoms with Gasteiger partial charge < -0.3 is 9.88 Å². The Bertz CT molecular complexity index is 443. The maximum Gasteiger partial charge on any atom is 0.130 e. The molecule has 0 aliphatic heterocycles. The molecule has 2 aromatic rings. The Morgan fingerprint density at radius 1 is 1.29 bits per heavy atom. The Morgan fingerprint density at radius 2 is 2.24 bits per heavy atom. The lowest BCUT2D eigenvalue weighted by Crippen LogP contribution is -2.05. The number of nitrogens with zero attached hydrogens (tertiary/aromatic N) is 4. The number of anilines is 1. The van der Waals surface area contributed by atoms with E-state index in [0.29, 0.717) is 0 Å². The number of hydrogen-bond donors (Lipinski definition) is 1. The number of imidazole rings is 1. The predicted octanol–water partition coefficient (Wildman–Crippen LogP) is 2.33. The van der Waals surface area contributed by atoms with E-state index in [4.69, 9.17) is 0 Å². The van der Waals surface area contributed by atoms with Crippen molar-refractivity contribution in [2.75, 3.05) is 11.9 Å². The van der Waals surface area contributed by atoms with E-state index in [0.717, 1.165) is 36.4 Å². The van der Waals surface area contributed by atoms with Crippen LogP contribution < -0.4 is 5.32 Å². The summed E-state index contributed by atoms with van der Waals surface area (Å²) in [5.74, 6) is 0.856. The van der Waals surface area contributed by atoms with E-state index in [1.54, 1.807) is 6.20 Å². The highest BCUT2D eigenvalue weighted by Gasteiger charge is 1.95. The molecule has 0 bridgehead atoms. The lowest BCUT2D eigenvalue weighted by molar-refractivity contribution is 0.620. The molecule has 0 aliphatic rings. The molecule has 0 radical (unpaired) electrons. The average Bonchev–Trinajstić information content (AvgIpc) is 2.82. The molecule has 2 aromatic heterocycles. The van der Waals surface area contributed by atoms with Gasteiger partial charge in [0.15, 0.2) is 0 Å². The number of hydrogen-bond acceptors (Lipinski definition) is 4. The minimum absolute atomic E-state index is 0.799. The van der Waals surface area contributed by atoms with E-state index in [2.05, 4.69) is 40.8 Å². The molecule has 0 aliphatic carbocycles. The summed E-state index contributed by atoms with van der Waals surface area (Å²) in [6, 6.07) is 1.87. The van der Waals surface area contributed by atoms with E-state index < -0.39 is 0 Å². The van der Waals surface area contributed by atoms with Crippen LogP contribution in [-0.2, 0) is 6.54 Å². The van der Waals surface area contributed by atoms with E-state index in [-0.39, 0.29) is 0 Å². The second kappa shape index (κ2) is 6.34. The number of nitrogens with one attached hydrogen (secondary N) is 1. The average molecular weight is 296 g/mol. The van der Waals surface area contributed by atoms with Gasteiger partial charge in [-0.25, -0.2) is 15.0 Å². The van der Waals surface area contributed by atoms with Gasteiger partial charge in [0.1, 0.15) is 16.7 Å². The molecule has 0 spiro atoms. The summed E-state index contributed by atoms with van der Waals surface area (Å²) in [6.07, 6.45) is 9.38. The normalized spacial score (nSPS) is 10.4. The fourth-order valence-electron chi connectivity index (χ4n) is 1.49. The molecule has 0 saturated carbocycles. The molecule has 17 heavy (non-hydrogen) atoms. The fraction of sp³-hybridized carbons (Fsp3) is 0.364. The van der Waals surface area contributed by atoms with Crippen molar-refractivity contribution in [3.8, 4) is 0 Å². The third-order valence-electron chi connectivity index (χ3n) is 2.34. The summed E-state index contributed by atoms with van der Waals surface area (Å²) in [7, 11) is 0. The molecule has 0 atom stereocenters.